The lowest BCUT2D eigenvalue weighted by Gasteiger charge is -2.11. The third-order valence-electron chi connectivity index (χ3n) is 2.48. The average Bonchev–Trinajstić information content (AvgIpc) is 2.29. The fourth-order valence-corrected chi connectivity index (χ4v) is 1.64. The second kappa shape index (κ2) is 3.33. The highest BCUT2D eigenvalue weighted by Gasteiger charge is 2.17. The average molecular weight is 190 g/mol. The molecule has 1 aliphatic heterocycles. The third kappa shape index (κ3) is 1.58. The van der Waals surface area contributed by atoms with Gasteiger partial charge in [-0.1, -0.05) is 17.7 Å². The lowest BCUT2D eigenvalue weighted by molar-refractivity contribution is -0.121. The van der Waals surface area contributed by atoms with E-state index in [-0.39, 0.29) is 11.9 Å². The SMILES string of the molecule is Cc1ccc2c(c1)CNC(=O)C(C)N2. The second-order valence-electron chi connectivity index (χ2n) is 3.74. The van der Waals surface area contributed by atoms with E-state index in [9.17, 15) is 4.79 Å². The van der Waals surface area contributed by atoms with Crippen molar-refractivity contribution < 1.29 is 4.79 Å². The highest BCUT2D eigenvalue weighted by molar-refractivity contribution is 5.85. The Bertz CT molecular complexity index is 374. The molecule has 0 saturated heterocycles. The Morgan fingerprint density at radius 2 is 2.21 bits per heavy atom. The number of benzene rings is 1. The molecule has 0 bridgehead atoms. The van der Waals surface area contributed by atoms with E-state index in [1.54, 1.807) is 0 Å². The van der Waals surface area contributed by atoms with Crippen molar-refractivity contribution in [3.05, 3.63) is 29.3 Å². The Balaban J connectivity index is 2.37. The van der Waals surface area contributed by atoms with Crippen molar-refractivity contribution in [3.8, 4) is 0 Å². The summed E-state index contributed by atoms with van der Waals surface area (Å²) >= 11 is 0. The van der Waals surface area contributed by atoms with Gasteiger partial charge in [0, 0.05) is 12.2 Å². The maximum atomic E-state index is 11.4. The molecule has 1 heterocycles. The summed E-state index contributed by atoms with van der Waals surface area (Å²) in [5, 5.41) is 6.06. The minimum Gasteiger partial charge on any atom is -0.374 e. The number of fused-ring (bicyclic) bond motifs is 1. The summed E-state index contributed by atoms with van der Waals surface area (Å²) in [5.41, 5.74) is 3.43. The van der Waals surface area contributed by atoms with E-state index in [0.29, 0.717) is 6.54 Å². The first-order valence-electron chi connectivity index (χ1n) is 4.80. The molecule has 1 amide bonds. The predicted octanol–water partition coefficient (Wildman–Crippen LogP) is 1.43. The van der Waals surface area contributed by atoms with Crippen LogP contribution in [0.4, 0.5) is 5.69 Å². The van der Waals surface area contributed by atoms with Gasteiger partial charge in [-0.3, -0.25) is 4.79 Å². The van der Waals surface area contributed by atoms with Gasteiger partial charge in [-0.25, -0.2) is 0 Å². The zero-order chi connectivity index (χ0) is 10.1. The fraction of sp³-hybridized carbons (Fsp3) is 0.364. The lowest BCUT2D eigenvalue weighted by atomic mass is 10.1. The zero-order valence-electron chi connectivity index (χ0n) is 8.42. The number of amides is 1. The molecule has 0 fully saturated rings. The number of nitrogens with one attached hydrogen (secondary N) is 2. The predicted molar refractivity (Wildman–Crippen MR) is 56.1 cm³/mol. The van der Waals surface area contributed by atoms with Crippen LogP contribution in [-0.4, -0.2) is 11.9 Å². The van der Waals surface area contributed by atoms with Gasteiger partial charge in [0.05, 0.1) is 0 Å². The number of rotatable bonds is 0. The van der Waals surface area contributed by atoms with Crippen LogP contribution in [0.15, 0.2) is 18.2 Å². The molecule has 0 radical (unpaired) electrons. The van der Waals surface area contributed by atoms with Crippen molar-refractivity contribution in [3.63, 3.8) is 0 Å². The Morgan fingerprint density at radius 3 is 3.00 bits per heavy atom. The highest BCUT2D eigenvalue weighted by atomic mass is 16.2. The number of hydrogen-bond donors (Lipinski definition) is 2. The van der Waals surface area contributed by atoms with E-state index in [0.717, 1.165) is 11.3 Å². The number of anilines is 1. The van der Waals surface area contributed by atoms with Crippen LogP contribution in [0.1, 0.15) is 18.1 Å². The maximum Gasteiger partial charge on any atom is 0.242 e. The molecule has 3 nitrogen and oxygen atoms in total. The Kier molecular flexibility index (Phi) is 2.15. The van der Waals surface area contributed by atoms with Crippen LogP contribution in [0.25, 0.3) is 0 Å². The number of hydrogen-bond acceptors (Lipinski definition) is 2. The highest BCUT2D eigenvalue weighted by Crippen LogP contribution is 2.20. The molecule has 3 heteroatoms. The largest absolute Gasteiger partial charge is 0.374 e. The molecular formula is C11H14N2O. The lowest BCUT2D eigenvalue weighted by Crippen LogP contribution is -2.34. The van der Waals surface area contributed by atoms with Gasteiger partial charge in [-0.2, -0.15) is 0 Å². The molecule has 2 rings (SSSR count). The van der Waals surface area contributed by atoms with E-state index in [4.69, 9.17) is 0 Å². The van der Waals surface area contributed by atoms with E-state index >= 15 is 0 Å². The van der Waals surface area contributed by atoms with E-state index in [1.807, 2.05) is 19.1 Å². The van der Waals surface area contributed by atoms with E-state index in [1.165, 1.54) is 5.56 Å². The van der Waals surface area contributed by atoms with Crippen molar-refractivity contribution in [2.45, 2.75) is 26.4 Å². The van der Waals surface area contributed by atoms with Crippen LogP contribution in [0.5, 0.6) is 0 Å². The van der Waals surface area contributed by atoms with Gasteiger partial charge >= 0.3 is 0 Å². The summed E-state index contributed by atoms with van der Waals surface area (Å²) in [6.45, 7) is 4.54. The fourth-order valence-electron chi connectivity index (χ4n) is 1.64. The number of carbonyl (C=O) groups is 1. The van der Waals surface area contributed by atoms with Gasteiger partial charge in [0.1, 0.15) is 6.04 Å². The first-order valence-corrected chi connectivity index (χ1v) is 4.80. The van der Waals surface area contributed by atoms with Gasteiger partial charge in [0.15, 0.2) is 0 Å². The van der Waals surface area contributed by atoms with Crippen LogP contribution in [0.2, 0.25) is 0 Å². The molecule has 0 aliphatic carbocycles. The standard InChI is InChI=1S/C11H14N2O/c1-7-3-4-10-9(5-7)6-12-11(14)8(2)13-10/h3-5,8,13H,6H2,1-2H3,(H,12,14). The van der Waals surface area contributed by atoms with Crippen LogP contribution in [-0.2, 0) is 11.3 Å². The topological polar surface area (TPSA) is 41.1 Å². The molecule has 14 heavy (non-hydrogen) atoms. The van der Waals surface area contributed by atoms with E-state index in [2.05, 4.69) is 23.6 Å². The zero-order valence-corrected chi connectivity index (χ0v) is 8.42. The first kappa shape index (κ1) is 9.06. The van der Waals surface area contributed by atoms with Crippen molar-refractivity contribution >= 4 is 11.6 Å². The van der Waals surface area contributed by atoms with Gasteiger partial charge in [0.2, 0.25) is 5.91 Å². The monoisotopic (exact) mass is 190 g/mol. The summed E-state index contributed by atoms with van der Waals surface area (Å²) < 4.78 is 0. The molecule has 1 unspecified atom stereocenters. The third-order valence-corrected chi connectivity index (χ3v) is 2.48. The minimum atomic E-state index is -0.154. The van der Waals surface area contributed by atoms with Crippen LogP contribution < -0.4 is 10.6 Å². The second-order valence-corrected chi connectivity index (χ2v) is 3.74. The molecule has 1 aromatic rings. The Hall–Kier alpha value is -1.51. The summed E-state index contributed by atoms with van der Waals surface area (Å²) in [7, 11) is 0. The van der Waals surface area contributed by atoms with Gasteiger partial charge in [-0.05, 0) is 25.5 Å². The van der Waals surface area contributed by atoms with Gasteiger partial charge in [-0.15, -0.1) is 0 Å². The molecule has 2 N–H and O–H groups in total. The molecule has 1 atom stereocenters. The molecular weight excluding hydrogens is 176 g/mol. The van der Waals surface area contributed by atoms with Gasteiger partial charge < -0.3 is 10.6 Å². The summed E-state index contributed by atoms with van der Waals surface area (Å²) in [6.07, 6.45) is 0. The molecule has 1 aliphatic rings. The summed E-state index contributed by atoms with van der Waals surface area (Å²) in [6, 6.07) is 6.02. The Morgan fingerprint density at radius 1 is 1.43 bits per heavy atom. The van der Waals surface area contributed by atoms with Crippen molar-refractivity contribution in [1.29, 1.82) is 0 Å². The summed E-state index contributed by atoms with van der Waals surface area (Å²) in [5.74, 6) is 0.0545. The molecule has 74 valence electrons. The minimum absolute atomic E-state index is 0.0545. The van der Waals surface area contributed by atoms with E-state index < -0.39 is 0 Å². The number of aryl methyl sites for hydroxylation is 1. The van der Waals surface area contributed by atoms with Crippen LogP contribution in [0, 0.1) is 6.92 Å². The first-order chi connectivity index (χ1) is 6.66. The quantitative estimate of drug-likeness (QED) is 0.649. The normalized spacial score (nSPS) is 20.4. The Labute approximate surface area is 83.5 Å². The maximum absolute atomic E-state index is 11.4. The van der Waals surface area contributed by atoms with Gasteiger partial charge in [0.25, 0.3) is 0 Å². The van der Waals surface area contributed by atoms with Crippen LogP contribution in [0.3, 0.4) is 0 Å². The molecule has 0 spiro atoms. The number of carbonyl (C=O) groups excluding carboxylic acids is 1. The van der Waals surface area contributed by atoms with Crippen molar-refractivity contribution in [2.24, 2.45) is 0 Å². The molecule has 0 saturated carbocycles. The van der Waals surface area contributed by atoms with Crippen molar-refractivity contribution in [2.75, 3.05) is 5.32 Å². The molecule has 0 aromatic heterocycles. The summed E-state index contributed by atoms with van der Waals surface area (Å²) in [4.78, 5) is 11.4. The molecule has 1 aromatic carbocycles. The van der Waals surface area contributed by atoms with Crippen LogP contribution >= 0.6 is 0 Å². The smallest absolute Gasteiger partial charge is 0.242 e. The van der Waals surface area contributed by atoms with Crippen molar-refractivity contribution in [1.82, 2.24) is 5.32 Å².